The predicted octanol–water partition coefficient (Wildman–Crippen LogP) is 0.264. The van der Waals surface area contributed by atoms with Gasteiger partial charge in [-0.25, -0.2) is 0 Å². The molecule has 1 amide bonds. The second kappa shape index (κ2) is 5.27. The number of carbonyl (C=O) groups excluding carboxylic acids is 1. The summed E-state index contributed by atoms with van der Waals surface area (Å²) in [5.41, 5.74) is 2.04. The highest BCUT2D eigenvalue weighted by atomic mass is 16.2. The van der Waals surface area contributed by atoms with Gasteiger partial charge in [-0.15, -0.1) is 0 Å². The number of hydrogen-bond donors (Lipinski definition) is 1. The number of fused-ring (bicyclic) bond motifs is 1. The number of nitrogens with one attached hydrogen (secondary N) is 1. The summed E-state index contributed by atoms with van der Waals surface area (Å²) < 4.78 is 0. The van der Waals surface area contributed by atoms with Gasteiger partial charge in [0.1, 0.15) is 0 Å². The molecule has 1 fully saturated rings. The van der Waals surface area contributed by atoms with Crippen LogP contribution in [0, 0.1) is 0 Å². The molecular weight excluding hydrogens is 240 g/mol. The van der Waals surface area contributed by atoms with Gasteiger partial charge in [0.15, 0.2) is 0 Å². The number of aromatic nitrogens is 1. The van der Waals surface area contributed by atoms with E-state index in [2.05, 4.69) is 22.1 Å². The van der Waals surface area contributed by atoms with Crippen LogP contribution in [0.1, 0.15) is 12.6 Å². The first-order chi connectivity index (χ1) is 9.24. The Morgan fingerprint density at radius 2 is 2.42 bits per heavy atom. The molecule has 3 heterocycles. The van der Waals surface area contributed by atoms with Crippen molar-refractivity contribution in [3.63, 3.8) is 0 Å². The SMILES string of the molecule is C[C@@H]1CN(CC(=O)N2CCc3ncccc32)CCN1. The Hall–Kier alpha value is -1.46. The lowest BCUT2D eigenvalue weighted by atomic mass is 10.2. The molecule has 5 heteroatoms. The Labute approximate surface area is 113 Å². The molecule has 0 spiro atoms. The van der Waals surface area contributed by atoms with Gasteiger partial charge in [0, 0.05) is 44.8 Å². The fourth-order valence-corrected chi connectivity index (χ4v) is 2.90. The fraction of sp³-hybridized carbons (Fsp3) is 0.571. The predicted molar refractivity (Wildman–Crippen MR) is 74.2 cm³/mol. The molecule has 0 unspecified atom stereocenters. The van der Waals surface area contributed by atoms with Crippen LogP contribution in [-0.2, 0) is 11.2 Å². The molecule has 2 aliphatic rings. The first kappa shape index (κ1) is 12.6. The number of amides is 1. The van der Waals surface area contributed by atoms with E-state index in [0.717, 1.165) is 44.0 Å². The van der Waals surface area contributed by atoms with E-state index in [9.17, 15) is 4.79 Å². The van der Waals surface area contributed by atoms with Gasteiger partial charge in [-0.1, -0.05) is 0 Å². The number of nitrogens with zero attached hydrogens (tertiary/aromatic N) is 3. The number of carbonyl (C=O) groups is 1. The summed E-state index contributed by atoms with van der Waals surface area (Å²) in [6.07, 6.45) is 2.67. The molecule has 102 valence electrons. The second-order valence-electron chi connectivity index (χ2n) is 5.35. The minimum atomic E-state index is 0.195. The lowest BCUT2D eigenvalue weighted by Gasteiger charge is -2.32. The maximum atomic E-state index is 12.4. The van der Waals surface area contributed by atoms with Crippen molar-refractivity contribution in [2.45, 2.75) is 19.4 Å². The molecule has 5 nitrogen and oxygen atoms in total. The Kier molecular flexibility index (Phi) is 3.48. The largest absolute Gasteiger partial charge is 0.312 e. The van der Waals surface area contributed by atoms with Crippen LogP contribution in [0.4, 0.5) is 5.69 Å². The van der Waals surface area contributed by atoms with Crippen LogP contribution in [0.2, 0.25) is 0 Å². The Balaban J connectivity index is 1.65. The van der Waals surface area contributed by atoms with Gasteiger partial charge in [-0.2, -0.15) is 0 Å². The summed E-state index contributed by atoms with van der Waals surface area (Å²) in [5.74, 6) is 0.195. The highest BCUT2D eigenvalue weighted by Gasteiger charge is 2.27. The van der Waals surface area contributed by atoms with Gasteiger partial charge in [0.2, 0.25) is 5.91 Å². The zero-order valence-corrected chi connectivity index (χ0v) is 11.3. The van der Waals surface area contributed by atoms with Gasteiger partial charge in [0.05, 0.1) is 17.9 Å². The molecule has 0 bridgehead atoms. The summed E-state index contributed by atoms with van der Waals surface area (Å²) in [6.45, 7) is 6.30. The Bertz CT molecular complexity index is 476. The van der Waals surface area contributed by atoms with Crippen molar-refractivity contribution in [3.8, 4) is 0 Å². The monoisotopic (exact) mass is 260 g/mol. The van der Waals surface area contributed by atoms with E-state index in [1.54, 1.807) is 6.20 Å². The molecule has 1 aromatic heterocycles. The molecule has 1 saturated heterocycles. The average molecular weight is 260 g/mol. The molecular formula is C14H20N4O. The summed E-state index contributed by atoms with van der Waals surface area (Å²) in [5, 5.41) is 3.39. The average Bonchev–Trinajstić information content (AvgIpc) is 2.82. The first-order valence-corrected chi connectivity index (χ1v) is 6.94. The van der Waals surface area contributed by atoms with E-state index in [0.29, 0.717) is 12.6 Å². The van der Waals surface area contributed by atoms with Crippen LogP contribution in [0.25, 0.3) is 0 Å². The Morgan fingerprint density at radius 3 is 3.26 bits per heavy atom. The highest BCUT2D eigenvalue weighted by molar-refractivity contribution is 5.96. The number of hydrogen-bond acceptors (Lipinski definition) is 4. The van der Waals surface area contributed by atoms with Crippen LogP contribution in [0.15, 0.2) is 18.3 Å². The fourth-order valence-electron chi connectivity index (χ4n) is 2.90. The lowest BCUT2D eigenvalue weighted by molar-refractivity contribution is -0.119. The molecule has 0 radical (unpaired) electrons. The third-order valence-electron chi connectivity index (χ3n) is 3.84. The molecule has 3 rings (SSSR count). The topological polar surface area (TPSA) is 48.5 Å². The van der Waals surface area contributed by atoms with Crippen LogP contribution in [0.3, 0.4) is 0 Å². The normalized spacial score (nSPS) is 23.4. The number of rotatable bonds is 2. The summed E-state index contributed by atoms with van der Waals surface area (Å²) >= 11 is 0. The van der Waals surface area contributed by atoms with Gasteiger partial charge in [-0.05, 0) is 19.1 Å². The third-order valence-corrected chi connectivity index (χ3v) is 3.84. The van der Waals surface area contributed by atoms with E-state index in [1.165, 1.54) is 0 Å². The van der Waals surface area contributed by atoms with E-state index < -0.39 is 0 Å². The van der Waals surface area contributed by atoms with E-state index in [4.69, 9.17) is 0 Å². The van der Waals surface area contributed by atoms with Crippen molar-refractivity contribution in [3.05, 3.63) is 24.0 Å². The summed E-state index contributed by atoms with van der Waals surface area (Å²) in [4.78, 5) is 20.9. The molecule has 1 aromatic rings. The van der Waals surface area contributed by atoms with Crippen molar-refractivity contribution >= 4 is 11.6 Å². The molecule has 2 aliphatic heterocycles. The summed E-state index contributed by atoms with van der Waals surface area (Å²) in [6, 6.07) is 4.36. The number of pyridine rings is 1. The molecule has 0 aromatic carbocycles. The van der Waals surface area contributed by atoms with E-state index in [1.807, 2.05) is 17.0 Å². The van der Waals surface area contributed by atoms with Crippen molar-refractivity contribution in [1.29, 1.82) is 0 Å². The zero-order valence-electron chi connectivity index (χ0n) is 11.3. The molecule has 0 aliphatic carbocycles. The first-order valence-electron chi connectivity index (χ1n) is 6.94. The minimum absolute atomic E-state index is 0.195. The maximum absolute atomic E-state index is 12.4. The molecule has 19 heavy (non-hydrogen) atoms. The van der Waals surface area contributed by atoms with E-state index in [-0.39, 0.29) is 5.91 Å². The molecule has 1 N–H and O–H groups in total. The quantitative estimate of drug-likeness (QED) is 0.829. The highest BCUT2D eigenvalue weighted by Crippen LogP contribution is 2.25. The van der Waals surface area contributed by atoms with Crippen LogP contribution in [0.5, 0.6) is 0 Å². The third kappa shape index (κ3) is 2.62. The van der Waals surface area contributed by atoms with Gasteiger partial charge >= 0.3 is 0 Å². The van der Waals surface area contributed by atoms with E-state index >= 15 is 0 Å². The van der Waals surface area contributed by atoms with Crippen molar-refractivity contribution in [2.24, 2.45) is 0 Å². The van der Waals surface area contributed by atoms with Crippen molar-refractivity contribution in [2.75, 3.05) is 37.6 Å². The molecule has 1 atom stereocenters. The lowest BCUT2D eigenvalue weighted by Crippen LogP contribution is -2.52. The summed E-state index contributed by atoms with van der Waals surface area (Å²) in [7, 11) is 0. The Morgan fingerprint density at radius 1 is 1.53 bits per heavy atom. The smallest absolute Gasteiger partial charge is 0.241 e. The van der Waals surface area contributed by atoms with Crippen LogP contribution in [-0.4, -0.2) is 54.6 Å². The number of anilines is 1. The van der Waals surface area contributed by atoms with Gasteiger partial charge in [-0.3, -0.25) is 14.7 Å². The maximum Gasteiger partial charge on any atom is 0.241 e. The van der Waals surface area contributed by atoms with Gasteiger partial charge < -0.3 is 10.2 Å². The van der Waals surface area contributed by atoms with Gasteiger partial charge in [0.25, 0.3) is 0 Å². The van der Waals surface area contributed by atoms with Crippen LogP contribution < -0.4 is 10.2 Å². The second-order valence-corrected chi connectivity index (χ2v) is 5.35. The van der Waals surface area contributed by atoms with Crippen molar-refractivity contribution in [1.82, 2.24) is 15.2 Å². The van der Waals surface area contributed by atoms with Crippen molar-refractivity contribution < 1.29 is 4.79 Å². The van der Waals surface area contributed by atoms with Crippen LogP contribution >= 0.6 is 0 Å². The number of piperazine rings is 1. The standard InChI is InChI=1S/C14H20N4O/c1-11-9-17(8-6-15-11)10-14(19)18-7-4-12-13(18)3-2-5-16-12/h2-3,5,11,15H,4,6-10H2,1H3/t11-/m1/s1. The zero-order chi connectivity index (χ0) is 13.2. The molecule has 0 saturated carbocycles. The minimum Gasteiger partial charge on any atom is -0.312 e.